The highest BCUT2D eigenvalue weighted by molar-refractivity contribution is 5.94. The highest BCUT2D eigenvalue weighted by Gasteiger charge is 2.19. The molecule has 1 aromatic heterocycles. The van der Waals surface area contributed by atoms with Crippen LogP contribution in [0.15, 0.2) is 22.8 Å². The molecule has 1 heterocycles. The molecule has 2 rings (SSSR count). The zero-order chi connectivity index (χ0) is 13.3. The second kappa shape index (κ2) is 4.77. The number of hydrogen-bond acceptors (Lipinski definition) is 3. The fraction of sp³-hybridized carbons (Fsp3) is 0.333. The lowest BCUT2D eigenvalue weighted by atomic mass is 9.98. The van der Waals surface area contributed by atoms with Gasteiger partial charge in [-0.25, -0.2) is 0 Å². The molecule has 2 N–H and O–H groups in total. The summed E-state index contributed by atoms with van der Waals surface area (Å²) in [6.45, 7) is 5.63. The van der Waals surface area contributed by atoms with Gasteiger partial charge in [-0.3, -0.25) is 0 Å². The Hall–Kier alpha value is -1.90. The normalized spacial score (nSPS) is 11.7. The maximum absolute atomic E-state index is 10.3. The third-order valence-corrected chi connectivity index (χ3v) is 3.32. The van der Waals surface area contributed by atoms with Gasteiger partial charge in [0.15, 0.2) is 11.3 Å². The first kappa shape index (κ1) is 12.6. The SMILES string of the molecule is C/C=C\CCc1c(C)c(O)c2occ(C)c2c1O. The average Bonchev–Trinajstić information content (AvgIpc) is 2.73. The van der Waals surface area contributed by atoms with Crippen LogP contribution in [-0.4, -0.2) is 10.2 Å². The van der Waals surface area contributed by atoms with E-state index in [1.807, 2.05) is 26.0 Å². The zero-order valence-electron chi connectivity index (χ0n) is 10.9. The minimum Gasteiger partial charge on any atom is -0.507 e. The van der Waals surface area contributed by atoms with E-state index < -0.39 is 0 Å². The van der Waals surface area contributed by atoms with Crippen molar-refractivity contribution in [3.05, 3.63) is 35.1 Å². The lowest BCUT2D eigenvalue weighted by molar-refractivity contribution is 0.449. The first-order chi connectivity index (χ1) is 8.57. The van der Waals surface area contributed by atoms with Crippen molar-refractivity contribution in [3.8, 4) is 11.5 Å². The summed E-state index contributed by atoms with van der Waals surface area (Å²) < 4.78 is 5.30. The highest BCUT2D eigenvalue weighted by atomic mass is 16.3. The van der Waals surface area contributed by atoms with Crippen LogP contribution >= 0.6 is 0 Å². The second-order valence-corrected chi connectivity index (χ2v) is 4.53. The Balaban J connectivity index is 2.61. The van der Waals surface area contributed by atoms with Gasteiger partial charge in [0.05, 0.1) is 11.6 Å². The van der Waals surface area contributed by atoms with Crippen LogP contribution in [-0.2, 0) is 6.42 Å². The van der Waals surface area contributed by atoms with Crippen LogP contribution in [0.2, 0.25) is 0 Å². The second-order valence-electron chi connectivity index (χ2n) is 4.53. The van der Waals surface area contributed by atoms with Crippen LogP contribution in [0.3, 0.4) is 0 Å². The molecule has 1 aromatic carbocycles. The van der Waals surface area contributed by atoms with Crippen molar-refractivity contribution in [3.63, 3.8) is 0 Å². The fourth-order valence-electron chi connectivity index (χ4n) is 2.25. The summed E-state index contributed by atoms with van der Waals surface area (Å²) in [4.78, 5) is 0. The van der Waals surface area contributed by atoms with Gasteiger partial charge in [0.1, 0.15) is 5.75 Å². The molecule has 2 aromatic rings. The molecule has 0 atom stereocenters. The van der Waals surface area contributed by atoms with Crippen LogP contribution < -0.4 is 0 Å². The minimum atomic E-state index is 0.131. The Morgan fingerprint density at radius 3 is 2.61 bits per heavy atom. The first-order valence-electron chi connectivity index (χ1n) is 6.10. The van der Waals surface area contributed by atoms with E-state index in [-0.39, 0.29) is 11.5 Å². The molecule has 0 unspecified atom stereocenters. The lowest BCUT2D eigenvalue weighted by Crippen LogP contribution is -1.92. The summed E-state index contributed by atoms with van der Waals surface area (Å²) in [6, 6.07) is 0. The third-order valence-electron chi connectivity index (χ3n) is 3.32. The van der Waals surface area contributed by atoms with Crippen LogP contribution in [0.4, 0.5) is 0 Å². The van der Waals surface area contributed by atoms with E-state index in [9.17, 15) is 10.2 Å². The zero-order valence-corrected chi connectivity index (χ0v) is 10.9. The number of rotatable bonds is 3. The molecule has 0 aliphatic carbocycles. The Kier molecular flexibility index (Phi) is 3.32. The molecule has 0 aliphatic heterocycles. The first-order valence-corrected chi connectivity index (χ1v) is 6.10. The monoisotopic (exact) mass is 246 g/mol. The Morgan fingerprint density at radius 1 is 1.22 bits per heavy atom. The number of benzene rings is 1. The number of hydrogen-bond donors (Lipinski definition) is 2. The summed E-state index contributed by atoms with van der Waals surface area (Å²) in [7, 11) is 0. The van der Waals surface area contributed by atoms with Crippen LogP contribution in [0.5, 0.6) is 11.5 Å². The molecule has 0 radical (unpaired) electrons. The summed E-state index contributed by atoms with van der Waals surface area (Å²) in [5, 5.41) is 21.1. The van der Waals surface area contributed by atoms with Crippen molar-refractivity contribution < 1.29 is 14.6 Å². The van der Waals surface area contributed by atoms with Crippen LogP contribution in [0.25, 0.3) is 11.0 Å². The number of allylic oxidation sites excluding steroid dienone is 2. The van der Waals surface area contributed by atoms with Gasteiger partial charge in [0.2, 0.25) is 0 Å². The average molecular weight is 246 g/mol. The molecule has 0 bridgehead atoms. The van der Waals surface area contributed by atoms with Crippen molar-refractivity contribution >= 4 is 11.0 Å². The number of aryl methyl sites for hydroxylation is 1. The molecule has 3 heteroatoms. The predicted molar refractivity (Wildman–Crippen MR) is 72.2 cm³/mol. The molecular formula is C15H18O3. The highest BCUT2D eigenvalue weighted by Crippen LogP contribution is 2.42. The Labute approximate surface area is 106 Å². The Bertz CT molecular complexity index is 606. The van der Waals surface area contributed by atoms with E-state index in [4.69, 9.17) is 4.42 Å². The van der Waals surface area contributed by atoms with Gasteiger partial charge in [-0.1, -0.05) is 12.2 Å². The Morgan fingerprint density at radius 2 is 1.94 bits per heavy atom. The summed E-state index contributed by atoms with van der Waals surface area (Å²) >= 11 is 0. The van der Waals surface area contributed by atoms with Gasteiger partial charge >= 0.3 is 0 Å². The van der Waals surface area contributed by atoms with Gasteiger partial charge in [-0.2, -0.15) is 0 Å². The summed E-state index contributed by atoms with van der Waals surface area (Å²) in [5.74, 6) is 0.363. The maximum atomic E-state index is 10.3. The van der Waals surface area contributed by atoms with E-state index in [2.05, 4.69) is 0 Å². The third kappa shape index (κ3) is 1.86. The van der Waals surface area contributed by atoms with E-state index in [1.54, 1.807) is 13.2 Å². The predicted octanol–water partition coefficient (Wildman–Crippen LogP) is 3.97. The number of furan rings is 1. The van der Waals surface area contributed by atoms with E-state index in [0.29, 0.717) is 23.0 Å². The van der Waals surface area contributed by atoms with Crippen LogP contribution in [0, 0.1) is 13.8 Å². The van der Waals surface area contributed by atoms with E-state index in [1.165, 1.54) is 0 Å². The van der Waals surface area contributed by atoms with Crippen molar-refractivity contribution in [2.24, 2.45) is 0 Å². The van der Waals surface area contributed by atoms with Gasteiger partial charge in [0.25, 0.3) is 0 Å². The molecule has 18 heavy (non-hydrogen) atoms. The lowest BCUT2D eigenvalue weighted by Gasteiger charge is -2.11. The molecule has 0 aliphatic rings. The van der Waals surface area contributed by atoms with Crippen LogP contribution in [0.1, 0.15) is 30.0 Å². The van der Waals surface area contributed by atoms with Gasteiger partial charge in [-0.15, -0.1) is 0 Å². The molecule has 3 nitrogen and oxygen atoms in total. The van der Waals surface area contributed by atoms with E-state index >= 15 is 0 Å². The fourth-order valence-corrected chi connectivity index (χ4v) is 2.25. The molecule has 0 saturated heterocycles. The minimum absolute atomic E-state index is 0.131. The molecule has 0 saturated carbocycles. The molecule has 96 valence electrons. The quantitative estimate of drug-likeness (QED) is 0.636. The van der Waals surface area contributed by atoms with Gasteiger partial charge < -0.3 is 14.6 Å². The smallest absolute Gasteiger partial charge is 0.179 e. The van der Waals surface area contributed by atoms with Crippen molar-refractivity contribution in [2.45, 2.75) is 33.6 Å². The summed E-state index contributed by atoms with van der Waals surface area (Å²) in [5.41, 5.74) is 2.70. The van der Waals surface area contributed by atoms with Gasteiger partial charge in [-0.05, 0) is 39.2 Å². The van der Waals surface area contributed by atoms with Crippen molar-refractivity contribution in [1.29, 1.82) is 0 Å². The number of phenols is 2. The number of phenolic OH excluding ortho intramolecular Hbond substituents is 2. The maximum Gasteiger partial charge on any atom is 0.179 e. The van der Waals surface area contributed by atoms with Crippen molar-refractivity contribution in [2.75, 3.05) is 0 Å². The molecule has 0 fully saturated rings. The number of aromatic hydroxyl groups is 2. The van der Waals surface area contributed by atoms with Gasteiger partial charge in [0, 0.05) is 11.1 Å². The largest absolute Gasteiger partial charge is 0.507 e. The summed E-state index contributed by atoms with van der Waals surface area (Å²) in [6.07, 6.45) is 7.12. The standard InChI is InChI=1S/C15H18O3/c1-4-5-6-7-11-10(3)13(16)15-12(14(11)17)9(2)8-18-15/h4-5,8,16-17H,6-7H2,1-3H3/b5-4-. The topological polar surface area (TPSA) is 53.6 Å². The number of fused-ring (bicyclic) bond motifs is 1. The van der Waals surface area contributed by atoms with Crippen molar-refractivity contribution in [1.82, 2.24) is 0 Å². The molecule has 0 amide bonds. The molecule has 0 spiro atoms. The molecular weight excluding hydrogens is 228 g/mol. The van der Waals surface area contributed by atoms with E-state index in [0.717, 1.165) is 17.5 Å².